The van der Waals surface area contributed by atoms with Crippen LogP contribution in [0.15, 0.2) is 36.5 Å². The van der Waals surface area contributed by atoms with Gasteiger partial charge >= 0.3 is 0 Å². The van der Waals surface area contributed by atoms with Crippen molar-refractivity contribution in [3.05, 3.63) is 58.9 Å². The monoisotopic (exact) mass is 462 g/mol. The molecule has 6 nitrogen and oxygen atoms in total. The standard InChI is InChI=1S/C28H38N4O2/c1-4-5-6-7-27(33)30-26-11-10-21-8-9-22(19-25(21)26)28(34)31(3)23-13-16-32(17-14-23)24-12-15-29-20(2)18-24/h8-9,12,15,18-19,23,26H,4-7,10-11,13-14,16-17H2,1-3H3,(H,30,33)/t26-/m1/s1. The first-order valence-electron chi connectivity index (χ1n) is 12.8. The van der Waals surface area contributed by atoms with Crippen LogP contribution in [0.2, 0.25) is 0 Å². The molecule has 1 aliphatic carbocycles. The van der Waals surface area contributed by atoms with Crippen LogP contribution in [0.5, 0.6) is 0 Å². The Kier molecular flexibility index (Phi) is 7.86. The molecule has 0 saturated carbocycles. The first-order valence-corrected chi connectivity index (χ1v) is 12.8. The molecule has 0 bridgehead atoms. The lowest BCUT2D eigenvalue weighted by Crippen LogP contribution is -2.45. The van der Waals surface area contributed by atoms with Gasteiger partial charge in [0.2, 0.25) is 5.91 Å². The number of carbonyl (C=O) groups excluding carboxylic acids is 2. The van der Waals surface area contributed by atoms with Gasteiger partial charge < -0.3 is 15.1 Å². The van der Waals surface area contributed by atoms with Gasteiger partial charge in [-0.25, -0.2) is 0 Å². The van der Waals surface area contributed by atoms with E-state index in [0.29, 0.717) is 6.42 Å². The fourth-order valence-electron chi connectivity index (χ4n) is 5.30. The van der Waals surface area contributed by atoms with Gasteiger partial charge in [-0.3, -0.25) is 14.6 Å². The van der Waals surface area contributed by atoms with Crippen LogP contribution in [0.3, 0.4) is 0 Å². The molecule has 1 atom stereocenters. The van der Waals surface area contributed by atoms with E-state index in [0.717, 1.165) is 74.9 Å². The van der Waals surface area contributed by atoms with Crippen molar-refractivity contribution in [2.24, 2.45) is 0 Å². The van der Waals surface area contributed by atoms with Crippen molar-refractivity contribution < 1.29 is 9.59 Å². The van der Waals surface area contributed by atoms with Gasteiger partial charge in [-0.2, -0.15) is 0 Å². The molecule has 2 aliphatic rings. The quantitative estimate of drug-likeness (QED) is 0.572. The Labute approximate surface area is 203 Å². The lowest BCUT2D eigenvalue weighted by Gasteiger charge is -2.38. The average molecular weight is 463 g/mol. The second kappa shape index (κ2) is 11.0. The SMILES string of the molecule is CCCCCC(=O)N[C@@H]1CCc2ccc(C(=O)N(C)C3CCN(c4ccnc(C)c4)CC3)cc21. The highest BCUT2D eigenvalue weighted by atomic mass is 16.2. The second-order valence-corrected chi connectivity index (χ2v) is 9.82. The van der Waals surface area contributed by atoms with Crippen LogP contribution in [0.25, 0.3) is 0 Å². The largest absolute Gasteiger partial charge is 0.371 e. The molecule has 34 heavy (non-hydrogen) atoms. The fraction of sp³-hybridized carbons (Fsp3) is 0.536. The van der Waals surface area contributed by atoms with Crippen LogP contribution in [0, 0.1) is 6.92 Å². The molecular weight excluding hydrogens is 424 g/mol. The minimum absolute atomic E-state index is 0.0224. The maximum absolute atomic E-state index is 13.4. The maximum Gasteiger partial charge on any atom is 0.253 e. The Morgan fingerprint density at radius 2 is 1.91 bits per heavy atom. The molecule has 1 fully saturated rings. The van der Waals surface area contributed by atoms with Gasteiger partial charge in [0, 0.05) is 55.7 Å². The lowest BCUT2D eigenvalue weighted by atomic mass is 10.00. The highest BCUT2D eigenvalue weighted by Gasteiger charge is 2.29. The van der Waals surface area contributed by atoms with Crippen molar-refractivity contribution in [1.29, 1.82) is 0 Å². The van der Waals surface area contributed by atoms with Crippen LogP contribution in [-0.4, -0.2) is 47.9 Å². The number of rotatable bonds is 8. The van der Waals surface area contributed by atoms with Gasteiger partial charge in [0.25, 0.3) is 5.91 Å². The summed E-state index contributed by atoms with van der Waals surface area (Å²) in [5, 5.41) is 3.20. The van der Waals surface area contributed by atoms with Crippen LogP contribution < -0.4 is 10.2 Å². The number of aromatic nitrogens is 1. The first kappa shape index (κ1) is 24.2. The molecule has 2 amide bonds. The van der Waals surface area contributed by atoms with Crippen LogP contribution in [-0.2, 0) is 11.2 Å². The number of aryl methyl sites for hydroxylation is 2. The zero-order valence-electron chi connectivity index (χ0n) is 20.8. The number of hydrogen-bond acceptors (Lipinski definition) is 4. The molecule has 1 aliphatic heterocycles. The molecule has 1 N–H and O–H groups in total. The Morgan fingerprint density at radius 3 is 2.65 bits per heavy atom. The van der Waals surface area contributed by atoms with Crippen molar-refractivity contribution in [2.45, 2.75) is 77.3 Å². The van der Waals surface area contributed by atoms with Crippen molar-refractivity contribution >= 4 is 17.5 Å². The van der Waals surface area contributed by atoms with Gasteiger partial charge in [0.1, 0.15) is 0 Å². The molecule has 0 spiro atoms. The van der Waals surface area contributed by atoms with E-state index in [1.165, 1.54) is 11.3 Å². The average Bonchev–Trinajstić information content (AvgIpc) is 3.25. The first-order chi connectivity index (χ1) is 16.5. The minimum atomic E-state index is 0.0224. The van der Waals surface area contributed by atoms with Crippen molar-refractivity contribution in [2.75, 3.05) is 25.0 Å². The maximum atomic E-state index is 13.4. The molecule has 1 aromatic heterocycles. The molecular formula is C28H38N4O2. The van der Waals surface area contributed by atoms with E-state index in [4.69, 9.17) is 0 Å². The number of benzene rings is 1. The van der Waals surface area contributed by atoms with E-state index in [-0.39, 0.29) is 23.9 Å². The lowest BCUT2D eigenvalue weighted by molar-refractivity contribution is -0.121. The zero-order valence-corrected chi connectivity index (χ0v) is 20.8. The van der Waals surface area contributed by atoms with Crippen molar-refractivity contribution in [1.82, 2.24) is 15.2 Å². The summed E-state index contributed by atoms with van der Waals surface area (Å²) >= 11 is 0. The summed E-state index contributed by atoms with van der Waals surface area (Å²) in [4.78, 5) is 34.3. The Morgan fingerprint density at radius 1 is 1.12 bits per heavy atom. The minimum Gasteiger partial charge on any atom is -0.371 e. The number of pyridine rings is 1. The smallest absolute Gasteiger partial charge is 0.253 e. The summed E-state index contributed by atoms with van der Waals surface area (Å²) in [6, 6.07) is 10.5. The van der Waals surface area contributed by atoms with Gasteiger partial charge in [0.15, 0.2) is 0 Å². The number of fused-ring (bicyclic) bond motifs is 1. The van der Waals surface area contributed by atoms with E-state index in [1.807, 2.05) is 37.2 Å². The third-order valence-electron chi connectivity index (χ3n) is 7.39. The highest BCUT2D eigenvalue weighted by molar-refractivity contribution is 5.94. The summed E-state index contributed by atoms with van der Waals surface area (Å²) in [5.74, 6) is 0.192. The Balaban J connectivity index is 1.36. The number of piperidine rings is 1. The number of unbranched alkanes of at least 4 members (excludes halogenated alkanes) is 2. The fourth-order valence-corrected chi connectivity index (χ4v) is 5.30. The summed E-state index contributed by atoms with van der Waals surface area (Å²) in [7, 11) is 1.93. The Bertz CT molecular complexity index is 1010. The van der Waals surface area contributed by atoms with Crippen LogP contribution >= 0.6 is 0 Å². The molecule has 0 unspecified atom stereocenters. The summed E-state index contributed by atoms with van der Waals surface area (Å²) < 4.78 is 0. The van der Waals surface area contributed by atoms with Crippen molar-refractivity contribution in [3.8, 4) is 0 Å². The van der Waals surface area contributed by atoms with Gasteiger partial charge in [-0.05, 0) is 74.4 Å². The number of hydrogen-bond donors (Lipinski definition) is 1. The van der Waals surface area contributed by atoms with Gasteiger partial charge in [-0.15, -0.1) is 0 Å². The molecule has 0 radical (unpaired) electrons. The van der Waals surface area contributed by atoms with E-state index >= 15 is 0 Å². The number of carbonyl (C=O) groups is 2. The van der Waals surface area contributed by atoms with E-state index in [9.17, 15) is 9.59 Å². The molecule has 1 aromatic carbocycles. The second-order valence-electron chi connectivity index (χ2n) is 9.82. The van der Waals surface area contributed by atoms with Crippen LogP contribution in [0.4, 0.5) is 5.69 Å². The third-order valence-corrected chi connectivity index (χ3v) is 7.39. The molecule has 182 valence electrons. The predicted molar refractivity (Wildman–Crippen MR) is 136 cm³/mol. The molecule has 2 aromatic rings. The number of nitrogens with zero attached hydrogens (tertiary/aromatic N) is 3. The van der Waals surface area contributed by atoms with Gasteiger partial charge in [-0.1, -0.05) is 25.8 Å². The van der Waals surface area contributed by atoms with E-state index in [2.05, 4.69) is 40.3 Å². The summed E-state index contributed by atoms with van der Waals surface area (Å²) in [6.07, 6.45) is 9.34. The zero-order chi connectivity index (χ0) is 24.1. The van der Waals surface area contributed by atoms with E-state index < -0.39 is 0 Å². The van der Waals surface area contributed by atoms with E-state index in [1.54, 1.807) is 0 Å². The van der Waals surface area contributed by atoms with Gasteiger partial charge in [0.05, 0.1) is 6.04 Å². The van der Waals surface area contributed by atoms with Crippen LogP contribution in [0.1, 0.15) is 85.1 Å². The molecule has 4 rings (SSSR count). The van der Waals surface area contributed by atoms with Crippen molar-refractivity contribution in [3.63, 3.8) is 0 Å². The molecule has 6 heteroatoms. The number of anilines is 1. The normalized spacial score (nSPS) is 18.0. The summed E-state index contributed by atoms with van der Waals surface area (Å²) in [5.41, 5.74) is 5.32. The molecule has 2 heterocycles. The summed E-state index contributed by atoms with van der Waals surface area (Å²) in [6.45, 7) is 6.03. The Hall–Kier alpha value is -2.89. The number of amides is 2. The highest BCUT2D eigenvalue weighted by Crippen LogP contribution is 2.32. The predicted octanol–water partition coefficient (Wildman–Crippen LogP) is 4.81. The topological polar surface area (TPSA) is 65.5 Å². The molecule has 1 saturated heterocycles. The number of nitrogens with one attached hydrogen (secondary N) is 1. The third kappa shape index (κ3) is 5.60.